The van der Waals surface area contributed by atoms with E-state index in [-0.39, 0.29) is 5.35 Å². The Morgan fingerprint density at radius 3 is 2.85 bits per heavy atom. The number of nitrogens with zero attached hydrogens (tertiary/aromatic N) is 1. The number of halogens is 1. The molecule has 1 aromatic carbocycles. The van der Waals surface area contributed by atoms with Gasteiger partial charge in [-0.05, 0) is 24.6 Å². The van der Waals surface area contributed by atoms with Crippen molar-refractivity contribution in [2.24, 2.45) is 0 Å². The van der Waals surface area contributed by atoms with Gasteiger partial charge in [0.2, 0.25) is 0 Å². The molecule has 0 unspecified atom stereocenters. The van der Waals surface area contributed by atoms with Gasteiger partial charge in [-0.2, -0.15) is 4.98 Å². The first-order valence-electron chi connectivity index (χ1n) is 3.94. The summed E-state index contributed by atoms with van der Waals surface area (Å²) in [6.45, 7) is 2.03. The largest absolute Gasteiger partial charge is 0.436 e. The zero-order valence-electron chi connectivity index (χ0n) is 7.12. The molecule has 2 aromatic rings. The maximum Gasteiger partial charge on any atom is 0.292 e. The van der Waals surface area contributed by atoms with E-state index in [1.54, 1.807) is 6.26 Å². The highest BCUT2D eigenvalue weighted by atomic mass is 35.5. The molecule has 3 heteroatoms. The molecule has 0 radical (unpaired) electrons. The van der Waals surface area contributed by atoms with Crippen LogP contribution in [-0.4, -0.2) is 4.98 Å². The summed E-state index contributed by atoms with van der Waals surface area (Å²) in [5.41, 5.74) is 2.99. The molecule has 0 amide bonds. The normalized spacial score (nSPS) is 10.3. The van der Waals surface area contributed by atoms with Gasteiger partial charge in [0.05, 0.1) is 0 Å². The monoisotopic (exact) mass is 193 g/mol. The third-order valence-corrected chi connectivity index (χ3v) is 1.96. The van der Waals surface area contributed by atoms with E-state index in [9.17, 15) is 0 Å². The molecule has 0 saturated carbocycles. The van der Waals surface area contributed by atoms with Crippen molar-refractivity contribution >= 4 is 11.6 Å². The van der Waals surface area contributed by atoms with Crippen LogP contribution in [0.25, 0.3) is 11.3 Å². The first kappa shape index (κ1) is 8.32. The minimum atomic E-state index is 0.177. The Bertz CT molecular complexity index is 422. The van der Waals surface area contributed by atoms with E-state index in [0.29, 0.717) is 0 Å². The van der Waals surface area contributed by atoms with Crippen LogP contribution in [0.3, 0.4) is 0 Å². The van der Waals surface area contributed by atoms with E-state index < -0.39 is 0 Å². The lowest BCUT2D eigenvalue weighted by molar-refractivity contribution is 0.560. The first-order valence-corrected chi connectivity index (χ1v) is 4.31. The van der Waals surface area contributed by atoms with Gasteiger partial charge in [0.15, 0.2) is 0 Å². The van der Waals surface area contributed by atoms with Crippen molar-refractivity contribution in [3.63, 3.8) is 0 Å². The number of aromatic nitrogens is 1. The number of hydrogen-bond donors (Lipinski definition) is 0. The second-order valence-corrected chi connectivity index (χ2v) is 3.18. The Morgan fingerprint density at radius 2 is 2.23 bits per heavy atom. The molecule has 0 atom stereocenters. The molecule has 0 spiro atoms. The summed E-state index contributed by atoms with van der Waals surface area (Å²) in [5.74, 6) is 0. The van der Waals surface area contributed by atoms with Crippen molar-refractivity contribution < 1.29 is 4.42 Å². The predicted molar refractivity (Wildman–Crippen MR) is 51.7 cm³/mol. The zero-order valence-corrected chi connectivity index (χ0v) is 7.88. The second kappa shape index (κ2) is 3.23. The van der Waals surface area contributed by atoms with Crippen LogP contribution in [0, 0.1) is 6.92 Å². The standard InChI is InChI=1S/C10H8ClNO/c1-7-3-2-4-8(5-7)9-6-13-10(11)12-9/h2-6H,1H3. The third-order valence-electron chi connectivity index (χ3n) is 1.79. The van der Waals surface area contributed by atoms with Gasteiger partial charge in [0.1, 0.15) is 12.0 Å². The smallest absolute Gasteiger partial charge is 0.292 e. The van der Waals surface area contributed by atoms with Crippen molar-refractivity contribution in [1.82, 2.24) is 4.98 Å². The molecule has 0 aliphatic heterocycles. The fraction of sp³-hybridized carbons (Fsp3) is 0.100. The summed E-state index contributed by atoms with van der Waals surface area (Å²) in [4.78, 5) is 4.02. The number of rotatable bonds is 1. The first-order chi connectivity index (χ1) is 6.25. The summed E-state index contributed by atoms with van der Waals surface area (Å²) in [6.07, 6.45) is 1.55. The molecular formula is C10H8ClNO. The lowest BCUT2D eigenvalue weighted by Gasteiger charge is -1.95. The average molecular weight is 194 g/mol. The maximum atomic E-state index is 5.57. The fourth-order valence-corrected chi connectivity index (χ4v) is 1.32. The molecule has 1 aromatic heterocycles. The second-order valence-electron chi connectivity index (χ2n) is 2.86. The van der Waals surface area contributed by atoms with Crippen molar-refractivity contribution in [1.29, 1.82) is 0 Å². The molecule has 0 bridgehead atoms. The number of hydrogen-bond acceptors (Lipinski definition) is 2. The fourth-order valence-electron chi connectivity index (χ4n) is 1.19. The third kappa shape index (κ3) is 1.73. The molecule has 2 nitrogen and oxygen atoms in total. The van der Waals surface area contributed by atoms with Crippen molar-refractivity contribution in [2.75, 3.05) is 0 Å². The highest BCUT2D eigenvalue weighted by Gasteiger charge is 2.03. The highest BCUT2D eigenvalue weighted by molar-refractivity contribution is 6.27. The van der Waals surface area contributed by atoms with Gasteiger partial charge in [-0.15, -0.1) is 0 Å². The minimum Gasteiger partial charge on any atom is -0.436 e. The van der Waals surface area contributed by atoms with Crippen LogP contribution in [0.1, 0.15) is 5.56 Å². The molecule has 13 heavy (non-hydrogen) atoms. The van der Waals surface area contributed by atoms with Crippen molar-refractivity contribution in [2.45, 2.75) is 6.92 Å². The Morgan fingerprint density at radius 1 is 1.38 bits per heavy atom. The van der Waals surface area contributed by atoms with E-state index in [1.165, 1.54) is 5.56 Å². The Balaban J connectivity index is 2.46. The molecule has 1 heterocycles. The van der Waals surface area contributed by atoms with Crippen LogP contribution in [0.4, 0.5) is 0 Å². The molecular weight excluding hydrogens is 186 g/mol. The van der Waals surface area contributed by atoms with Gasteiger partial charge in [0.25, 0.3) is 5.35 Å². The van der Waals surface area contributed by atoms with Crippen LogP contribution in [0.15, 0.2) is 34.9 Å². The molecule has 66 valence electrons. The number of aryl methyl sites for hydroxylation is 1. The maximum absolute atomic E-state index is 5.57. The van der Waals surface area contributed by atoms with Gasteiger partial charge >= 0.3 is 0 Å². The summed E-state index contributed by atoms with van der Waals surface area (Å²) in [5, 5.41) is 0.177. The predicted octanol–water partition coefficient (Wildman–Crippen LogP) is 3.30. The SMILES string of the molecule is Cc1cccc(-c2coc(Cl)n2)c1. The molecule has 2 rings (SSSR count). The van der Waals surface area contributed by atoms with E-state index in [4.69, 9.17) is 16.0 Å². The molecule has 0 aliphatic carbocycles. The van der Waals surface area contributed by atoms with E-state index in [2.05, 4.69) is 4.98 Å². The Kier molecular flexibility index (Phi) is 2.07. The molecule has 0 N–H and O–H groups in total. The minimum absolute atomic E-state index is 0.177. The zero-order chi connectivity index (χ0) is 9.26. The average Bonchev–Trinajstić information content (AvgIpc) is 2.52. The van der Waals surface area contributed by atoms with E-state index in [1.807, 2.05) is 31.2 Å². The van der Waals surface area contributed by atoms with Gasteiger partial charge < -0.3 is 4.42 Å². The quantitative estimate of drug-likeness (QED) is 0.695. The van der Waals surface area contributed by atoms with Gasteiger partial charge in [-0.3, -0.25) is 0 Å². The van der Waals surface area contributed by atoms with Gasteiger partial charge in [0, 0.05) is 5.56 Å². The molecule has 0 fully saturated rings. The summed E-state index contributed by atoms with van der Waals surface area (Å²) >= 11 is 5.57. The Hall–Kier alpha value is -1.28. The van der Waals surface area contributed by atoms with Crippen LogP contribution in [0.5, 0.6) is 0 Å². The lowest BCUT2D eigenvalue weighted by Crippen LogP contribution is -1.78. The van der Waals surface area contributed by atoms with Crippen LogP contribution < -0.4 is 0 Å². The van der Waals surface area contributed by atoms with Crippen LogP contribution >= 0.6 is 11.6 Å². The lowest BCUT2D eigenvalue weighted by atomic mass is 10.1. The van der Waals surface area contributed by atoms with Gasteiger partial charge in [-0.1, -0.05) is 23.8 Å². The van der Waals surface area contributed by atoms with Gasteiger partial charge in [-0.25, -0.2) is 0 Å². The van der Waals surface area contributed by atoms with Crippen LogP contribution in [-0.2, 0) is 0 Å². The molecule has 0 saturated heterocycles. The topological polar surface area (TPSA) is 26.0 Å². The van der Waals surface area contributed by atoms with Crippen molar-refractivity contribution in [3.8, 4) is 11.3 Å². The summed E-state index contributed by atoms with van der Waals surface area (Å²) in [7, 11) is 0. The number of oxazole rings is 1. The number of benzene rings is 1. The van der Waals surface area contributed by atoms with Crippen LogP contribution in [0.2, 0.25) is 5.35 Å². The summed E-state index contributed by atoms with van der Waals surface area (Å²) in [6, 6.07) is 8.02. The van der Waals surface area contributed by atoms with E-state index >= 15 is 0 Å². The summed E-state index contributed by atoms with van der Waals surface area (Å²) < 4.78 is 4.91. The van der Waals surface area contributed by atoms with E-state index in [0.717, 1.165) is 11.3 Å². The highest BCUT2D eigenvalue weighted by Crippen LogP contribution is 2.21. The molecule has 0 aliphatic rings. The Labute approximate surface area is 81.2 Å². The van der Waals surface area contributed by atoms with Crippen molar-refractivity contribution in [3.05, 3.63) is 41.4 Å².